The zero-order chi connectivity index (χ0) is 27.6. The summed E-state index contributed by atoms with van der Waals surface area (Å²) in [5.74, 6) is -0.706. The average Bonchev–Trinajstić information content (AvgIpc) is 2.97. The number of carbonyl (C=O) groups is 3. The fourth-order valence-electron chi connectivity index (χ4n) is 4.45. The first-order valence-corrected chi connectivity index (χ1v) is 12.9. The van der Waals surface area contributed by atoms with E-state index < -0.39 is 24.0 Å². The Morgan fingerprint density at radius 1 is 0.718 bits per heavy atom. The van der Waals surface area contributed by atoms with E-state index in [4.69, 9.17) is 9.47 Å². The first-order chi connectivity index (χ1) is 19.0. The Morgan fingerprint density at radius 2 is 1.36 bits per heavy atom. The summed E-state index contributed by atoms with van der Waals surface area (Å²) < 4.78 is 10.5. The topological polar surface area (TPSA) is 93.7 Å². The third-order valence-electron chi connectivity index (χ3n) is 6.42. The molecule has 2 amide bonds. The number of hydrogen-bond donors (Lipinski definition) is 2. The van der Waals surface area contributed by atoms with Crippen LogP contribution in [0, 0.1) is 0 Å². The van der Waals surface area contributed by atoms with E-state index in [1.165, 1.54) is 7.11 Å². The van der Waals surface area contributed by atoms with Crippen LogP contribution in [-0.4, -0.2) is 43.6 Å². The summed E-state index contributed by atoms with van der Waals surface area (Å²) in [6.45, 7) is 2.45. The van der Waals surface area contributed by atoms with Crippen molar-refractivity contribution in [2.45, 2.75) is 31.8 Å². The van der Waals surface area contributed by atoms with Crippen LogP contribution in [0.25, 0.3) is 10.8 Å². The molecule has 0 fully saturated rings. The van der Waals surface area contributed by atoms with Gasteiger partial charge in [-0.15, -0.1) is 0 Å². The first-order valence-electron chi connectivity index (χ1n) is 12.9. The largest absolute Gasteiger partial charge is 0.494 e. The normalized spacial score (nSPS) is 12.3. The predicted octanol–water partition coefficient (Wildman–Crippen LogP) is 4.48. The summed E-state index contributed by atoms with van der Waals surface area (Å²) in [6, 6.07) is 27.9. The van der Waals surface area contributed by atoms with Gasteiger partial charge in [0.2, 0.25) is 5.91 Å². The molecular weight excluding hydrogens is 492 g/mol. The van der Waals surface area contributed by atoms with Gasteiger partial charge < -0.3 is 20.1 Å². The van der Waals surface area contributed by atoms with Gasteiger partial charge in [-0.3, -0.25) is 9.59 Å². The van der Waals surface area contributed by atoms with E-state index in [0.29, 0.717) is 12.2 Å². The van der Waals surface area contributed by atoms with Crippen LogP contribution in [0.2, 0.25) is 0 Å². The van der Waals surface area contributed by atoms with Gasteiger partial charge >= 0.3 is 5.97 Å². The number of hydrogen-bond acceptors (Lipinski definition) is 5. The highest BCUT2D eigenvalue weighted by atomic mass is 16.5. The van der Waals surface area contributed by atoms with E-state index >= 15 is 0 Å². The van der Waals surface area contributed by atoms with Crippen molar-refractivity contribution in [2.24, 2.45) is 0 Å². The molecule has 0 bridgehead atoms. The zero-order valence-electron chi connectivity index (χ0n) is 22.1. The number of benzene rings is 4. The second kappa shape index (κ2) is 13.2. The number of ether oxygens (including phenoxy) is 2. The number of esters is 1. The van der Waals surface area contributed by atoms with Crippen molar-refractivity contribution in [1.82, 2.24) is 10.6 Å². The van der Waals surface area contributed by atoms with Crippen LogP contribution in [0.1, 0.15) is 28.4 Å². The van der Waals surface area contributed by atoms with Crippen molar-refractivity contribution in [3.05, 3.63) is 114 Å². The number of fused-ring (bicyclic) bond motifs is 1. The molecule has 0 radical (unpaired) electrons. The standard InChI is InChI=1S/C32H32N2O5/c1-3-39-25-18-16-23(17-19-25)20-28(33-30(35)27-15-9-13-24-12-7-8-14-26(24)27)31(36)34-29(32(37)38-2)21-22-10-5-4-6-11-22/h4-19,28-29H,3,20-21H2,1-2H3,(H,33,35)(H,34,36). The molecule has 4 aromatic carbocycles. The molecule has 2 N–H and O–H groups in total. The third kappa shape index (κ3) is 7.23. The van der Waals surface area contributed by atoms with Gasteiger partial charge in [0, 0.05) is 18.4 Å². The summed E-state index contributed by atoms with van der Waals surface area (Å²) in [7, 11) is 1.28. The molecule has 2 atom stereocenters. The summed E-state index contributed by atoms with van der Waals surface area (Å²) in [4.78, 5) is 39.7. The number of amides is 2. The molecule has 0 spiro atoms. The lowest BCUT2D eigenvalue weighted by Crippen LogP contribution is -2.53. The van der Waals surface area contributed by atoms with Crippen molar-refractivity contribution in [2.75, 3.05) is 13.7 Å². The maximum atomic E-state index is 13.6. The van der Waals surface area contributed by atoms with Crippen LogP contribution >= 0.6 is 0 Å². The van der Waals surface area contributed by atoms with E-state index in [2.05, 4.69) is 10.6 Å². The van der Waals surface area contributed by atoms with Crippen LogP contribution < -0.4 is 15.4 Å². The molecule has 2 unspecified atom stereocenters. The fourth-order valence-corrected chi connectivity index (χ4v) is 4.45. The molecule has 7 heteroatoms. The van der Waals surface area contributed by atoms with Crippen molar-refractivity contribution < 1.29 is 23.9 Å². The lowest BCUT2D eigenvalue weighted by molar-refractivity contribution is -0.145. The van der Waals surface area contributed by atoms with Gasteiger partial charge in [-0.2, -0.15) is 0 Å². The predicted molar refractivity (Wildman–Crippen MR) is 151 cm³/mol. The Bertz CT molecular complexity index is 1410. The molecule has 4 aromatic rings. The quantitative estimate of drug-likeness (QED) is 0.282. The lowest BCUT2D eigenvalue weighted by Gasteiger charge is -2.23. The molecule has 0 aliphatic rings. The van der Waals surface area contributed by atoms with Gasteiger partial charge in [0.05, 0.1) is 13.7 Å². The van der Waals surface area contributed by atoms with Crippen molar-refractivity contribution in [3.63, 3.8) is 0 Å². The van der Waals surface area contributed by atoms with Gasteiger partial charge in [0.25, 0.3) is 5.91 Å². The second-order valence-corrected chi connectivity index (χ2v) is 9.11. The number of nitrogens with one attached hydrogen (secondary N) is 2. The van der Waals surface area contributed by atoms with Gasteiger partial charge in [-0.1, -0.05) is 78.9 Å². The van der Waals surface area contributed by atoms with E-state index in [-0.39, 0.29) is 18.7 Å². The highest BCUT2D eigenvalue weighted by Crippen LogP contribution is 2.19. The minimum atomic E-state index is -0.947. The molecule has 200 valence electrons. The van der Waals surface area contributed by atoms with Crippen LogP contribution in [-0.2, 0) is 27.2 Å². The summed E-state index contributed by atoms with van der Waals surface area (Å²) in [5.41, 5.74) is 2.16. The molecular formula is C32H32N2O5. The molecule has 4 rings (SSSR count). The highest BCUT2D eigenvalue weighted by molar-refractivity contribution is 6.08. The Morgan fingerprint density at radius 3 is 2.08 bits per heavy atom. The lowest BCUT2D eigenvalue weighted by atomic mass is 10.0. The molecule has 0 saturated heterocycles. The molecule has 0 saturated carbocycles. The Balaban J connectivity index is 1.59. The Hall–Kier alpha value is -4.65. The molecule has 0 aliphatic heterocycles. The number of rotatable bonds is 11. The number of methoxy groups -OCH3 is 1. The van der Waals surface area contributed by atoms with Crippen molar-refractivity contribution >= 4 is 28.6 Å². The Labute approximate surface area is 228 Å². The van der Waals surface area contributed by atoms with Crippen molar-refractivity contribution in [3.8, 4) is 5.75 Å². The molecule has 0 heterocycles. The molecule has 0 aliphatic carbocycles. The minimum Gasteiger partial charge on any atom is -0.494 e. The van der Waals surface area contributed by atoms with E-state index in [1.54, 1.807) is 6.07 Å². The zero-order valence-corrected chi connectivity index (χ0v) is 22.1. The average molecular weight is 525 g/mol. The second-order valence-electron chi connectivity index (χ2n) is 9.11. The van der Waals surface area contributed by atoms with Crippen LogP contribution in [0.4, 0.5) is 0 Å². The maximum absolute atomic E-state index is 13.6. The monoisotopic (exact) mass is 524 g/mol. The number of carbonyl (C=O) groups excluding carboxylic acids is 3. The Kier molecular flexibility index (Phi) is 9.29. The maximum Gasteiger partial charge on any atom is 0.328 e. The first kappa shape index (κ1) is 27.4. The van der Waals surface area contributed by atoms with Crippen molar-refractivity contribution in [1.29, 1.82) is 0 Å². The fraction of sp³-hybridized carbons (Fsp3) is 0.219. The molecule has 7 nitrogen and oxygen atoms in total. The summed E-state index contributed by atoms with van der Waals surface area (Å²) in [5, 5.41) is 7.42. The van der Waals surface area contributed by atoms with E-state index in [9.17, 15) is 14.4 Å². The van der Waals surface area contributed by atoms with Crippen LogP contribution in [0.5, 0.6) is 5.75 Å². The third-order valence-corrected chi connectivity index (χ3v) is 6.42. The van der Waals surface area contributed by atoms with E-state index in [0.717, 1.165) is 27.6 Å². The van der Waals surface area contributed by atoms with E-state index in [1.807, 2.05) is 97.9 Å². The van der Waals surface area contributed by atoms with Crippen LogP contribution in [0.15, 0.2) is 97.1 Å². The highest BCUT2D eigenvalue weighted by Gasteiger charge is 2.28. The van der Waals surface area contributed by atoms with Gasteiger partial charge in [-0.25, -0.2) is 4.79 Å². The van der Waals surface area contributed by atoms with Crippen LogP contribution in [0.3, 0.4) is 0 Å². The minimum absolute atomic E-state index is 0.216. The molecule has 39 heavy (non-hydrogen) atoms. The van der Waals surface area contributed by atoms with Gasteiger partial charge in [-0.05, 0) is 47.0 Å². The van der Waals surface area contributed by atoms with Gasteiger partial charge in [0.15, 0.2) is 0 Å². The van der Waals surface area contributed by atoms with Gasteiger partial charge in [0.1, 0.15) is 17.8 Å². The SMILES string of the molecule is CCOc1ccc(CC(NC(=O)c2cccc3ccccc23)C(=O)NC(Cc2ccccc2)C(=O)OC)cc1. The molecule has 0 aromatic heterocycles. The summed E-state index contributed by atoms with van der Waals surface area (Å²) >= 11 is 0. The summed E-state index contributed by atoms with van der Waals surface area (Å²) in [6.07, 6.45) is 0.472. The smallest absolute Gasteiger partial charge is 0.328 e.